The average molecular weight is 393 g/mol. The van der Waals surface area contributed by atoms with Crippen LogP contribution in [0, 0.1) is 0 Å². The lowest BCUT2D eigenvalue weighted by Gasteiger charge is -2.27. The molecule has 2 N–H and O–H groups in total. The van der Waals surface area contributed by atoms with E-state index in [9.17, 15) is 4.79 Å². The highest BCUT2D eigenvalue weighted by atomic mass is 16.5. The molecule has 2 aromatic heterocycles. The maximum Gasteiger partial charge on any atom is 0.319 e. The number of rotatable bonds is 6. The number of carbonyl (C=O) groups excluding carboxylic acids is 1. The third-order valence-corrected chi connectivity index (χ3v) is 4.68. The zero-order valence-corrected chi connectivity index (χ0v) is 16.0. The Kier molecular flexibility index (Phi) is 6.08. The van der Waals surface area contributed by atoms with Gasteiger partial charge in [0.05, 0.1) is 13.2 Å². The molecule has 3 aromatic rings. The molecule has 0 bridgehead atoms. The number of aromatic nitrogens is 4. The van der Waals surface area contributed by atoms with Crippen LogP contribution in [0.3, 0.4) is 0 Å². The highest BCUT2D eigenvalue weighted by molar-refractivity contribution is 5.90. The van der Waals surface area contributed by atoms with Crippen LogP contribution in [0.2, 0.25) is 0 Å². The Bertz CT molecular complexity index is 922. The Morgan fingerprint density at radius 1 is 1.14 bits per heavy atom. The van der Waals surface area contributed by atoms with E-state index in [1.54, 1.807) is 17.2 Å². The first-order valence-electron chi connectivity index (χ1n) is 9.51. The summed E-state index contributed by atoms with van der Waals surface area (Å²) in [5.41, 5.74) is 2.80. The van der Waals surface area contributed by atoms with Gasteiger partial charge in [0.1, 0.15) is 12.7 Å². The van der Waals surface area contributed by atoms with Gasteiger partial charge in [-0.15, -0.1) is 0 Å². The SMILES string of the molecule is O=C(NCc1ccc(-n2cncn2)nc1)Nc1ccccc1CN1CCOCC1. The summed E-state index contributed by atoms with van der Waals surface area (Å²) in [6, 6.07) is 11.4. The van der Waals surface area contributed by atoms with Crippen LogP contribution in [0.4, 0.5) is 10.5 Å². The van der Waals surface area contributed by atoms with E-state index in [0.29, 0.717) is 12.4 Å². The number of hydrogen-bond acceptors (Lipinski definition) is 6. The number of nitrogens with one attached hydrogen (secondary N) is 2. The smallest absolute Gasteiger partial charge is 0.319 e. The van der Waals surface area contributed by atoms with Crippen molar-refractivity contribution in [2.75, 3.05) is 31.6 Å². The second kappa shape index (κ2) is 9.26. The van der Waals surface area contributed by atoms with Gasteiger partial charge in [0.2, 0.25) is 0 Å². The lowest BCUT2D eigenvalue weighted by molar-refractivity contribution is 0.0343. The molecule has 0 spiro atoms. The maximum absolute atomic E-state index is 12.4. The number of benzene rings is 1. The Morgan fingerprint density at radius 2 is 2.00 bits per heavy atom. The second-order valence-electron chi connectivity index (χ2n) is 6.72. The highest BCUT2D eigenvalue weighted by Gasteiger charge is 2.13. The first kappa shape index (κ1) is 19.0. The van der Waals surface area contributed by atoms with Crippen LogP contribution >= 0.6 is 0 Å². The molecule has 0 aliphatic carbocycles. The van der Waals surface area contributed by atoms with Gasteiger partial charge >= 0.3 is 6.03 Å². The van der Waals surface area contributed by atoms with Crippen molar-refractivity contribution in [2.24, 2.45) is 0 Å². The molecule has 3 heterocycles. The largest absolute Gasteiger partial charge is 0.379 e. The summed E-state index contributed by atoms with van der Waals surface area (Å²) < 4.78 is 6.98. The number of hydrogen-bond donors (Lipinski definition) is 2. The number of para-hydroxylation sites is 1. The summed E-state index contributed by atoms with van der Waals surface area (Å²) in [4.78, 5) is 22.9. The minimum Gasteiger partial charge on any atom is -0.379 e. The van der Waals surface area contributed by atoms with Crippen LogP contribution in [-0.2, 0) is 17.8 Å². The zero-order chi connectivity index (χ0) is 19.9. The number of nitrogens with zero attached hydrogens (tertiary/aromatic N) is 5. The quantitative estimate of drug-likeness (QED) is 0.663. The first-order chi connectivity index (χ1) is 14.3. The molecule has 1 fully saturated rings. The van der Waals surface area contributed by atoms with Gasteiger partial charge in [0.15, 0.2) is 5.82 Å². The third-order valence-electron chi connectivity index (χ3n) is 4.68. The molecular formula is C20H23N7O2. The van der Waals surface area contributed by atoms with E-state index in [1.165, 1.54) is 6.33 Å². The van der Waals surface area contributed by atoms with Gasteiger partial charge in [0, 0.05) is 38.1 Å². The Hall–Kier alpha value is -3.30. The molecule has 29 heavy (non-hydrogen) atoms. The number of morpholine rings is 1. The van der Waals surface area contributed by atoms with Crippen molar-refractivity contribution >= 4 is 11.7 Å². The predicted molar refractivity (Wildman–Crippen MR) is 108 cm³/mol. The van der Waals surface area contributed by atoms with Crippen LogP contribution < -0.4 is 10.6 Å². The molecule has 2 amide bonds. The van der Waals surface area contributed by atoms with Gasteiger partial charge in [0.25, 0.3) is 0 Å². The van der Waals surface area contributed by atoms with Crippen LogP contribution in [-0.4, -0.2) is 57.0 Å². The highest BCUT2D eigenvalue weighted by Crippen LogP contribution is 2.18. The third kappa shape index (κ3) is 5.15. The van der Waals surface area contributed by atoms with Gasteiger partial charge in [-0.2, -0.15) is 5.10 Å². The number of ether oxygens (including phenoxy) is 1. The average Bonchev–Trinajstić information content (AvgIpc) is 3.30. The minimum atomic E-state index is -0.250. The van der Waals surface area contributed by atoms with Crippen molar-refractivity contribution in [1.82, 2.24) is 30.0 Å². The first-order valence-corrected chi connectivity index (χ1v) is 9.51. The topological polar surface area (TPSA) is 97.2 Å². The zero-order valence-electron chi connectivity index (χ0n) is 16.0. The molecule has 9 heteroatoms. The minimum absolute atomic E-state index is 0.250. The van der Waals surface area contributed by atoms with Crippen molar-refractivity contribution < 1.29 is 9.53 Å². The van der Waals surface area contributed by atoms with Crippen molar-refractivity contribution in [3.8, 4) is 5.82 Å². The van der Waals surface area contributed by atoms with Crippen LogP contribution in [0.5, 0.6) is 0 Å². The fourth-order valence-corrected chi connectivity index (χ4v) is 3.11. The monoisotopic (exact) mass is 393 g/mol. The van der Waals surface area contributed by atoms with E-state index < -0.39 is 0 Å². The molecular weight excluding hydrogens is 370 g/mol. The van der Waals surface area contributed by atoms with Gasteiger partial charge < -0.3 is 15.4 Å². The van der Waals surface area contributed by atoms with E-state index in [1.807, 2.05) is 36.4 Å². The van der Waals surface area contributed by atoms with E-state index >= 15 is 0 Å². The molecule has 150 valence electrons. The molecule has 1 aliphatic heterocycles. The van der Waals surface area contributed by atoms with Gasteiger partial charge in [-0.05, 0) is 23.3 Å². The van der Waals surface area contributed by atoms with Crippen LogP contribution in [0.15, 0.2) is 55.2 Å². The van der Waals surface area contributed by atoms with Crippen molar-refractivity contribution in [3.63, 3.8) is 0 Å². The van der Waals surface area contributed by atoms with Gasteiger partial charge in [-0.25, -0.2) is 19.4 Å². The van der Waals surface area contributed by atoms with Crippen molar-refractivity contribution in [2.45, 2.75) is 13.1 Å². The Balaban J connectivity index is 1.31. The summed E-state index contributed by atoms with van der Waals surface area (Å²) in [5, 5.41) is 9.87. The molecule has 0 unspecified atom stereocenters. The second-order valence-corrected chi connectivity index (χ2v) is 6.72. The van der Waals surface area contributed by atoms with E-state index in [0.717, 1.165) is 49.7 Å². The number of anilines is 1. The molecule has 1 aliphatic rings. The molecule has 1 aromatic carbocycles. The number of urea groups is 1. The van der Waals surface area contributed by atoms with Crippen LogP contribution in [0.1, 0.15) is 11.1 Å². The van der Waals surface area contributed by atoms with Crippen LogP contribution in [0.25, 0.3) is 5.82 Å². The molecule has 0 radical (unpaired) electrons. The van der Waals surface area contributed by atoms with Gasteiger partial charge in [-0.3, -0.25) is 4.90 Å². The fourth-order valence-electron chi connectivity index (χ4n) is 3.11. The normalized spacial score (nSPS) is 14.5. The Labute approximate surface area is 168 Å². The summed E-state index contributed by atoms with van der Waals surface area (Å²) in [6.07, 6.45) is 4.75. The molecule has 0 atom stereocenters. The van der Waals surface area contributed by atoms with Gasteiger partial charge in [-0.1, -0.05) is 24.3 Å². The summed E-state index contributed by atoms with van der Waals surface area (Å²) >= 11 is 0. The van der Waals surface area contributed by atoms with Crippen molar-refractivity contribution in [3.05, 3.63) is 66.4 Å². The number of carbonyl (C=O) groups is 1. The van der Waals surface area contributed by atoms with E-state index in [-0.39, 0.29) is 6.03 Å². The lowest BCUT2D eigenvalue weighted by atomic mass is 10.1. The molecule has 1 saturated heterocycles. The predicted octanol–water partition coefficient (Wildman–Crippen LogP) is 1.82. The standard InChI is InChI=1S/C20H23N7O2/c28-20(23-12-16-5-6-19(22-11-16)27-15-21-14-24-27)25-18-4-2-1-3-17(18)13-26-7-9-29-10-8-26/h1-6,11,14-15H,7-10,12-13H2,(H2,23,25,28). The molecule has 0 saturated carbocycles. The summed E-state index contributed by atoms with van der Waals surface area (Å²) in [7, 11) is 0. The number of amides is 2. The molecule has 4 rings (SSSR count). The molecule has 9 nitrogen and oxygen atoms in total. The maximum atomic E-state index is 12.4. The summed E-state index contributed by atoms with van der Waals surface area (Å²) in [6.45, 7) is 4.46. The van der Waals surface area contributed by atoms with Crippen molar-refractivity contribution in [1.29, 1.82) is 0 Å². The lowest BCUT2D eigenvalue weighted by Crippen LogP contribution is -2.36. The van der Waals surface area contributed by atoms with E-state index in [2.05, 4.69) is 30.6 Å². The Morgan fingerprint density at radius 3 is 2.76 bits per heavy atom. The number of pyridine rings is 1. The van der Waals surface area contributed by atoms with E-state index in [4.69, 9.17) is 4.74 Å². The summed E-state index contributed by atoms with van der Waals surface area (Å²) in [5.74, 6) is 0.674. The fraction of sp³-hybridized carbons (Fsp3) is 0.300.